The van der Waals surface area contributed by atoms with Crippen LogP contribution in [0.3, 0.4) is 0 Å². The Bertz CT molecular complexity index is 1040. The Balaban J connectivity index is 1.42. The van der Waals surface area contributed by atoms with Gasteiger partial charge in [-0.3, -0.25) is 14.9 Å². The van der Waals surface area contributed by atoms with Gasteiger partial charge in [0.15, 0.2) is 11.5 Å². The zero-order valence-corrected chi connectivity index (χ0v) is 15.0. The molecule has 0 unspecified atom stereocenters. The van der Waals surface area contributed by atoms with Crippen LogP contribution in [-0.2, 0) is 16.0 Å². The van der Waals surface area contributed by atoms with E-state index in [0.29, 0.717) is 29.1 Å². The number of carbonyl (C=O) groups is 3. The first-order chi connectivity index (χ1) is 13.6. The molecule has 1 aliphatic heterocycles. The van der Waals surface area contributed by atoms with Crippen LogP contribution in [0.2, 0.25) is 0 Å². The van der Waals surface area contributed by atoms with Crippen molar-refractivity contribution in [2.24, 2.45) is 0 Å². The predicted octanol–water partition coefficient (Wildman–Crippen LogP) is 2.30. The Morgan fingerprint density at radius 2 is 2.00 bits per heavy atom. The summed E-state index contributed by atoms with van der Waals surface area (Å²) in [5.74, 6) is -0.0871. The number of nitrogens with one attached hydrogen (secondary N) is 2. The molecule has 0 spiro atoms. The van der Waals surface area contributed by atoms with E-state index >= 15 is 0 Å². The van der Waals surface area contributed by atoms with Crippen LogP contribution in [0.1, 0.15) is 17.9 Å². The second kappa shape index (κ2) is 7.51. The van der Waals surface area contributed by atoms with E-state index in [0.717, 1.165) is 5.56 Å². The fraction of sp³-hybridized carbons (Fsp3) is 0.200. The Hall–Kier alpha value is -3.68. The molecular formula is C20H18N4O4. The number of anilines is 1. The molecule has 2 N–H and O–H groups in total. The summed E-state index contributed by atoms with van der Waals surface area (Å²) in [6.07, 6.45) is 0.771. The van der Waals surface area contributed by atoms with Crippen molar-refractivity contribution >= 4 is 34.6 Å². The molecule has 142 valence electrons. The first-order valence-corrected chi connectivity index (χ1v) is 8.89. The number of carbonyl (C=O) groups excluding carboxylic acids is 3. The summed E-state index contributed by atoms with van der Waals surface area (Å²) >= 11 is 0. The number of imide groups is 1. The fourth-order valence-corrected chi connectivity index (χ4v) is 3.02. The van der Waals surface area contributed by atoms with Gasteiger partial charge in [0.1, 0.15) is 12.1 Å². The second-order valence-corrected chi connectivity index (χ2v) is 6.53. The lowest BCUT2D eigenvalue weighted by molar-refractivity contribution is -0.123. The van der Waals surface area contributed by atoms with Gasteiger partial charge in [-0.1, -0.05) is 30.3 Å². The zero-order chi connectivity index (χ0) is 19.5. The molecule has 0 radical (unpaired) electrons. The van der Waals surface area contributed by atoms with Crippen LogP contribution in [0, 0.1) is 0 Å². The maximum atomic E-state index is 12.2. The minimum absolute atomic E-state index is 0.132. The van der Waals surface area contributed by atoms with Crippen molar-refractivity contribution in [3.63, 3.8) is 0 Å². The number of hydrogen-bond acceptors (Lipinski definition) is 5. The van der Waals surface area contributed by atoms with Gasteiger partial charge in [-0.05, 0) is 17.7 Å². The Morgan fingerprint density at radius 1 is 1.18 bits per heavy atom. The van der Waals surface area contributed by atoms with Crippen LogP contribution in [-0.4, -0.2) is 40.8 Å². The summed E-state index contributed by atoms with van der Waals surface area (Å²) in [5.41, 5.74) is 2.93. The summed E-state index contributed by atoms with van der Waals surface area (Å²) in [5, 5.41) is 4.93. The maximum absolute atomic E-state index is 12.2. The van der Waals surface area contributed by atoms with Crippen molar-refractivity contribution in [3.05, 3.63) is 60.0 Å². The molecule has 1 saturated heterocycles. The number of urea groups is 1. The average Bonchev–Trinajstić information content (AvgIpc) is 3.06. The highest BCUT2D eigenvalue weighted by Crippen LogP contribution is 2.21. The minimum atomic E-state index is -0.553. The summed E-state index contributed by atoms with van der Waals surface area (Å²) in [7, 11) is 0. The molecular weight excluding hydrogens is 360 g/mol. The molecule has 8 nitrogen and oxygen atoms in total. The van der Waals surface area contributed by atoms with Gasteiger partial charge < -0.3 is 14.6 Å². The highest BCUT2D eigenvalue weighted by molar-refractivity contribution is 6.00. The third-order valence-electron chi connectivity index (χ3n) is 4.39. The van der Waals surface area contributed by atoms with Gasteiger partial charge in [0, 0.05) is 31.1 Å². The highest BCUT2D eigenvalue weighted by atomic mass is 16.3. The number of rotatable bonds is 5. The fourth-order valence-electron chi connectivity index (χ4n) is 3.02. The van der Waals surface area contributed by atoms with Crippen molar-refractivity contribution in [3.8, 4) is 0 Å². The van der Waals surface area contributed by atoms with Crippen molar-refractivity contribution in [2.75, 3.05) is 18.4 Å². The molecule has 4 amide bonds. The van der Waals surface area contributed by atoms with E-state index in [1.807, 2.05) is 30.3 Å². The van der Waals surface area contributed by atoms with Gasteiger partial charge in [-0.15, -0.1) is 0 Å². The van der Waals surface area contributed by atoms with E-state index in [9.17, 15) is 14.4 Å². The topological polar surface area (TPSA) is 105 Å². The van der Waals surface area contributed by atoms with E-state index in [2.05, 4.69) is 15.6 Å². The van der Waals surface area contributed by atoms with Crippen molar-refractivity contribution < 1.29 is 18.8 Å². The summed E-state index contributed by atoms with van der Waals surface area (Å²) < 4.78 is 5.80. The molecule has 3 aromatic rings. The SMILES string of the molecule is O=C1CCN(CC(=O)Nc2ccc3nc(Cc4ccccc4)oc3c2)C(=O)N1. The van der Waals surface area contributed by atoms with Crippen LogP contribution < -0.4 is 10.6 Å². The molecule has 1 aliphatic rings. The molecule has 1 fully saturated rings. The van der Waals surface area contributed by atoms with Crippen molar-refractivity contribution in [1.82, 2.24) is 15.2 Å². The maximum Gasteiger partial charge on any atom is 0.324 e. The lowest BCUT2D eigenvalue weighted by Gasteiger charge is -2.25. The molecule has 0 saturated carbocycles. The number of fused-ring (bicyclic) bond motifs is 1. The molecule has 0 aliphatic carbocycles. The summed E-state index contributed by atoms with van der Waals surface area (Å²) in [4.78, 5) is 40.9. The first kappa shape index (κ1) is 17.7. The van der Waals surface area contributed by atoms with Crippen molar-refractivity contribution in [1.29, 1.82) is 0 Å². The van der Waals surface area contributed by atoms with E-state index in [4.69, 9.17) is 4.42 Å². The summed E-state index contributed by atoms with van der Waals surface area (Å²) in [6, 6.07) is 14.5. The third kappa shape index (κ3) is 4.01. The normalized spacial score (nSPS) is 14.2. The number of aromatic nitrogens is 1. The Kier molecular flexibility index (Phi) is 4.76. The second-order valence-electron chi connectivity index (χ2n) is 6.53. The molecule has 1 aromatic heterocycles. The third-order valence-corrected chi connectivity index (χ3v) is 4.39. The van der Waals surface area contributed by atoms with E-state index in [1.54, 1.807) is 18.2 Å². The minimum Gasteiger partial charge on any atom is -0.440 e. The number of oxazole rings is 1. The van der Waals surface area contributed by atoms with E-state index in [1.165, 1.54) is 4.90 Å². The Labute approximate surface area is 160 Å². The van der Waals surface area contributed by atoms with Crippen LogP contribution in [0.5, 0.6) is 0 Å². The van der Waals surface area contributed by atoms with Crippen LogP contribution in [0.25, 0.3) is 11.1 Å². The lowest BCUT2D eigenvalue weighted by atomic mass is 10.1. The Morgan fingerprint density at radius 3 is 2.79 bits per heavy atom. The van der Waals surface area contributed by atoms with Gasteiger partial charge in [-0.25, -0.2) is 9.78 Å². The number of nitrogens with zero attached hydrogens (tertiary/aromatic N) is 2. The van der Waals surface area contributed by atoms with Gasteiger partial charge in [0.2, 0.25) is 11.8 Å². The van der Waals surface area contributed by atoms with Gasteiger partial charge in [0.25, 0.3) is 0 Å². The van der Waals surface area contributed by atoms with Gasteiger partial charge >= 0.3 is 6.03 Å². The molecule has 4 rings (SSSR count). The zero-order valence-electron chi connectivity index (χ0n) is 15.0. The largest absolute Gasteiger partial charge is 0.440 e. The van der Waals surface area contributed by atoms with Gasteiger partial charge in [0.05, 0.1) is 0 Å². The van der Waals surface area contributed by atoms with Crippen LogP contribution in [0.4, 0.5) is 10.5 Å². The van der Waals surface area contributed by atoms with Crippen LogP contribution >= 0.6 is 0 Å². The monoisotopic (exact) mass is 378 g/mol. The summed E-state index contributed by atoms with van der Waals surface area (Å²) in [6.45, 7) is 0.0921. The van der Waals surface area contributed by atoms with E-state index < -0.39 is 6.03 Å². The lowest BCUT2D eigenvalue weighted by Crippen LogP contribution is -2.51. The molecule has 28 heavy (non-hydrogen) atoms. The standard InChI is InChI=1S/C20H18N4O4/c25-17-8-9-24(20(27)23-17)12-18(26)21-14-6-7-15-16(11-14)28-19(22-15)10-13-4-2-1-3-5-13/h1-7,11H,8-10,12H2,(H,21,26)(H,23,25,27). The quantitative estimate of drug-likeness (QED) is 0.709. The molecule has 2 heterocycles. The molecule has 0 atom stereocenters. The van der Waals surface area contributed by atoms with E-state index in [-0.39, 0.29) is 31.3 Å². The van der Waals surface area contributed by atoms with Gasteiger partial charge in [-0.2, -0.15) is 0 Å². The molecule has 0 bridgehead atoms. The smallest absolute Gasteiger partial charge is 0.324 e. The predicted molar refractivity (Wildman–Crippen MR) is 102 cm³/mol. The highest BCUT2D eigenvalue weighted by Gasteiger charge is 2.24. The number of benzene rings is 2. The van der Waals surface area contributed by atoms with Crippen LogP contribution in [0.15, 0.2) is 52.9 Å². The molecule has 8 heteroatoms. The molecule has 2 aromatic carbocycles. The number of hydrogen-bond donors (Lipinski definition) is 2. The average molecular weight is 378 g/mol. The number of amides is 4. The first-order valence-electron chi connectivity index (χ1n) is 8.89. The van der Waals surface area contributed by atoms with Crippen molar-refractivity contribution in [2.45, 2.75) is 12.8 Å².